The van der Waals surface area contributed by atoms with Gasteiger partial charge in [0.2, 0.25) is 6.04 Å². The van der Waals surface area contributed by atoms with Crippen LogP contribution in [0.25, 0.3) is 0 Å². The van der Waals surface area contributed by atoms with E-state index in [9.17, 15) is 0 Å². The fourth-order valence-electron chi connectivity index (χ4n) is 2.62. The summed E-state index contributed by atoms with van der Waals surface area (Å²) in [4.78, 5) is 0. The van der Waals surface area contributed by atoms with E-state index in [-0.39, 0.29) is 6.04 Å². The van der Waals surface area contributed by atoms with Crippen LogP contribution in [0.3, 0.4) is 0 Å². The molecule has 0 fully saturated rings. The van der Waals surface area contributed by atoms with Crippen LogP contribution in [0.1, 0.15) is 28.3 Å². The van der Waals surface area contributed by atoms with Gasteiger partial charge in [0.1, 0.15) is 0 Å². The Hall–Kier alpha value is -2.41. The average Bonchev–Trinajstić information content (AvgIpc) is 2.52. The molecule has 21 heavy (non-hydrogen) atoms. The van der Waals surface area contributed by atoms with E-state index in [4.69, 9.17) is 0 Å². The summed E-state index contributed by atoms with van der Waals surface area (Å²) in [5.74, 6) is 0. The van der Waals surface area contributed by atoms with Gasteiger partial charge in [0.15, 0.2) is 12.4 Å². The molecular weight excluding hydrogens is 254 g/mol. The van der Waals surface area contributed by atoms with Crippen LogP contribution in [0.15, 0.2) is 79.1 Å². The number of benzene rings is 2. The Morgan fingerprint density at radius 2 is 1.05 bits per heavy atom. The Morgan fingerprint density at radius 3 is 1.48 bits per heavy atom. The van der Waals surface area contributed by atoms with Crippen LogP contribution in [-0.4, -0.2) is 0 Å². The molecule has 0 spiro atoms. The third-order valence-electron chi connectivity index (χ3n) is 3.82. The van der Waals surface area contributed by atoms with Crippen molar-refractivity contribution in [2.24, 2.45) is 0 Å². The summed E-state index contributed by atoms with van der Waals surface area (Å²) in [6.07, 6.45) is 4.26. The van der Waals surface area contributed by atoms with Crippen molar-refractivity contribution in [3.8, 4) is 0 Å². The molecule has 3 rings (SSSR count). The lowest BCUT2D eigenvalue weighted by Crippen LogP contribution is -2.39. The number of aryl methyl sites for hydroxylation is 2. The zero-order valence-corrected chi connectivity index (χ0v) is 12.5. The van der Waals surface area contributed by atoms with Crippen molar-refractivity contribution < 1.29 is 4.57 Å². The molecule has 3 aromatic rings. The molecule has 0 amide bonds. The molecule has 1 nitrogen and oxygen atoms in total. The number of rotatable bonds is 3. The second-order valence-corrected chi connectivity index (χ2v) is 5.55. The first-order valence-corrected chi connectivity index (χ1v) is 7.33. The molecule has 0 aliphatic carbocycles. The Balaban J connectivity index is 2.11. The largest absolute Gasteiger partial charge is 0.208 e. The SMILES string of the molecule is Cc1ccc(C(c2ccc(C)cc2)[n+]2ccccc2)cc1. The maximum atomic E-state index is 2.26. The molecule has 0 unspecified atom stereocenters. The molecule has 104 valence electrons. The Kier molecular flexibility index (Phi) is 3.83. The van der Waals surface area contributed by atoms with Gasteiger partial charge in [-0.05, 0) is 13.8 Å². The summed E-state index contributed by atoms with van der Waals surface area (Å²) < 4.78 is 2.26. The van der Waals surface area contributed by atoms with Crippen molar-refractivity contribution in [2.75, 3.05) is 0 Å². The van der Waals surface area contributed by atoms with E-state index in [0.717, 1.165) is 0 Å². The van der Waals surface area contributed by atoms with Gasteiger partial charge in [0.25, 0.3) is 0 Å². The summed E-state index contributed by atoms with van der Waals surface area (Å²) in [6, 6.07) is 24.0. The fourth-order valence-corrected chi connectivity index (χ4v) is 2.62. The molecule has 2 aromatic carbocycles. The van der Waals surface area contributed by atoms with Crippen molar-refractivity contribution in [1.29, 1.82) is 0 Å². The predicted octanol–water partition coefficient (Wildman–Crippen LogP) is 4.23. The maximum absolute atomic E-state index is 2.26. The molecule has 1 heterocycles. The summed E-state index contributed by atoms with van der Waals surface area (Å²) in [5.41, 5.74) is 5.19. The van der Waals surface area contributed by atoms with Crippen molar-refractivity contribution in [2.45, 2.75) is 19.9 Å². The predicted molar refractivity (Wildman–Crippen MR) is 86.2 cm³/mol. The fraction of sp³-hybridized carbons (Fsp3) is 0.150. The summed E-state index contributed by atoms with van der Waals surface area (Å²) in [6.45, 7) is 4.25. The maximum Gasteiger partial charge on any atom is 0.208 e. The van der Waals surface area contributed by atoms with Crippen LogP contribution >= 0.6 is 0 Å². The number of nitrogens with zero attached hydrogens (tertiary/aromatic N) is 1. The molecule has 0 radical (unpaired) electrons. The second kappa shape index (κ2) is 5.92. The van der Waals surface area contributed by atoms with Gasteiger partial charge in [-0.3, -0.25) is 0 Å². The van der Waals surface area contributed by atoms with Crippen LogP contribution in [-0.2, 0) is 0 Å². The molecule has 0 aliphatic heterocycles. The first-order valence-electron chi connectivity index (χ1n) is 7.33. The monoisotopic (exact) mass is 274 g/mol. The number of pyridine rings is 1. The van der Waals surface area contributed by atoms with Gasteiger partial charge in [-0.25, -0.2) is 0 Å². The highest BCUT2D eigenvalue weighted by atomic mass is 15.0. The Bertz CT molecular complexity index is 652. The lowest BCUT2D eigenvalue weighted by Gasteiger charge is -2.14. The van der Waals surface area contributed by atoms with E-state index >= 15 is 0 Å². The molecule has 1 heteroatoms. The van der Waals surface area contributed by atoms with E-state index in [1.165, 1.54) is 22.3 Å². The smallest absolute Gasteiger partial charge is 0.194 e. The van der Waals surface area contributed by atoms with Crippen LogP contribution in [0.4, 0.5) is 0 Å². The molecular formula is C20H20N+. The number of hydrogen-bond donors (Lipinski definition) is 0. The minimum atomic E-state index is 0.215. The second-order valence-electron chi connectivity index (χ2n) is 5.55. The summed E-state index contributed by atoms with van der Waals surface area (Å²) >= 11 is 0. The van der Waals surface area contributed by atoms with Gasteiger partial charge in [-0.2, -0.15) is 4.57 Å². The van der Waals surface area contributed by atoms with Gasteiger partial charge in [0, 0.05) is 23.3 Å². The van der Waals surface area contributed by atoms with Crippen molar-refractivity contribution in [3.63, 3.8) is 0 Å². The van der Waals surface area contributed by atoms with E-state index in [0.29, 0.717) is 0 Å². The quantitative estimate of drug-likeness (QED) is 0.629. The molecule has 0 N–H and O–H groups in total. The highest BCUT2D eigenvalue weighted by Gasteiger charge is 2.22. The van der Waals surface area contributed by atoms with Crippen LogP contribution in [0.5, 0.6) is 0 Å². The average molecular weight is 274 g/mol. The Labute approximate surface area is 126 Å². The number of hydrogen-bond acceptors (Lipinski definition) is 0. The van der Waals surface area contributed by atoms with Crippen molar-refractivity contribution in [1.82, 2.24) is 0 Å². The van der Waals surface area contributed by atoms with E-state index in [1.807, 2.05) is 0 Å². The van der Waals surface area contributed by atoms with Crippen molar-refractivity contribution >= 4 is 0 Å². The van der Waals surface area contributed by atoms with Gasteiger partial charge in [-0.1, -0.05) is 65.7 Å². The van der Waals surface area contributed by atoms with Gasteiger partial charge >= 0.3 is 0 Å². The first-order chi connectivity index (χ1) is 10.2. The van der Waals surface area contributed by atoms with Crippen molar-refractivity contribution in [3.05, 3.63) is 101 Å². The third-order valence-corrected chi connectivity index (χ3v) is 3.82. The van der Waals surface area contributed by atoms with Gasteiger partial charge in [0.05, 0.1) is 0 Å². The highest BCUT2D eigenvalue weighted by Crippen LogP contribution is 2.22. The van der Waals surface area contributed by atoms with Crippen LogP contribution in [0, 0.1) is 13.8 Å². The van der Waals surface area contributed by atoms with Crippen LogP contribution in [0.2, 0.25) is 0 Å². The highest BCUT2D eigenvalue weighted by molar-refractivity contribution is 5.32. The molecule has 0 saturated carbocycles. The topological polar surface area (TPSA) is 3.88 Å². The Morgan fingerprint density at radius 1 is 0.619 bits per heavy atom. The molecule has 0 aliphatic rings. The number of aromatic nitrogens is 1. The minimum absolute atomic E-state index is 0.215. The van der Waals surface area contributed by atoms with E-state index < -0.39 is 0 Å². The lowest BCUT2D eigenvalue weighted by atomic mass is 9.96. The minimum Gasteiger partial charge on any atom is -0.194 e. The standard InChI is InChI=1S/C20H20N/c1-16-6-10-18(11-7-16)20(21-14-4-3-5-15-21)19-12-8-17(2)9-13-19/h3-15,20H,1-2H3/q+1. The van der Waals surface area contributed by atoms with E-state index in [1.54, 1.807) is 0 Å². The van der Waals surface area contributed by atoms with Gasteiger partial charge < -0.3 is 0 Å². The molecule has 0 bridgehead atoms. The first kappa shape index (κ1) is 13.6. The normalized spacial score (nSPS) is 10.8. The van der Waals surface area contributed by atoms with Gasteiger partial charge in [-0.15, -0.1) is 0 Å². The lowest BCUT2D eigenvalue weighted by molar-refractivity contribution is -0.704. The zero-order chi connectivity index (χ0) is 14.7. The molecule has 0 atom stereocenters. The van der Waals surface area contributed by atoms with Crippen LogP contribution < -0.4 is 4.57 Å². The summed E-state index contributed by atoms with van der Waals surface area (Å²) in [7, 11) is 0. The van der Waals surface area contributed by atoms with E-state index in [2.05, 4.69) is 97.5 Å². The molecule has 0 saturated heterocycles. The summed E-state index contributed by atoms with van der Waals surface area (Å²) in [5, 5.41) is 0. The molecule has 1 aromatic heterocycles. The third kappa shape index (κ3) is 3.03. The zero-order valence-electron chi connectivity index (χ0n) is 12.5.